The zero-order valence-electron chi connectivity index (χ0n) is 11.3. The van der Waals surface area contributed by atoms with Crippen LogP contribution in [-0.2, 0) is 11.2 Å². The van der Waals surface area contributed by atoms with Crippen molar-refractivity contribution in [3.63, 3.8) is 0 Å². The lowest BCUT2D eigenvalue weighted by Crippen LogP contribution is -2.35. The highest BCUT2D eigenvalue weighted by Gasteiger charge is 2.13. The van der Waals surface area contributed by atoms with Gasteiger partial charge in [-0.2, -0.15) is 11.8 Å². The largest absolute Gasteiger partial charge is 0.461 e. The lowest BCUT2D eigenvalue weighted by molar-refractivity contribution is 0.0465. The van der Waals surface area contributed by atoms with Crippen molar-refractivity contribution < 1.29 is 9.53 Å². The topological polar surface area (TPSA) is 42.4 Å². The van der Waals surface area contributed by atoms with Crippen molar-refractivity contribution in [2.45, 2.75) is 13.3 Å². The molecule has 19 heavy (non-hydrogen) atoms. The monoisotopic (exact) mass is 280 g/mol. The molecule has 4 nitrogen and oxygen atoms in total. The number of hydrogen-bond acceptors (Lipinski definition) is 5. The van der Waals surface area contributed by atoms with Crippen LogP contribution in [0.3, 0.4) is 0 Å². The molecule has 0 unspecified atom stereocenters. The summed E-state index contributed by atoms with van der Waals surface area (Å²) in [5.74, 6) is 2.13. The average molecular weight is 280 g/mol. The molecule has 5 heteroatoms. The Balaban J connectivity index is 1.80. The van der Waals surface area contributed by atoms with Crippen molar-refractivity contribution in [1.82, 2.24) is 9.88 Å². The van der Waals surface area contributed by atoms with E-state index in [9.17, 15) is 4.79 Å². The van der Waals surface area contributed by atoms with Crippen LogP contribution < -0.4 is 0 Å². The van der Waals surface area contributed by atoms with Crippen LogP contribution in [-0.4, -0.2) is 53.6 Å². The molecule has 1 saturated heterocycles. The molecule has 104 valence electrons. The summed E-state index contributed by atoms with van der Waals surface area (Å²) in [6.07, 6.45) is 4.16. The van der Waals surface area contributed by atoms with E-state index < -0.39 is 0 Å². The highest BCUT2D eigenvalue weighted by molar-refractivity contribution is 7.99. The summed E-state index contributed by atoms with van der Waals surface area (Å²) in [7, 11) is 0. The molecule has 0 N–H and O–H groups in total. The quantitative estimate of drug-likeness (QED) is 0.770. The number of esters is 1. The molecule has 2 heterocycles. The van der Waals surface area contributed by atoms with E-state index >= 15 is 0 Å². The highest BCUT2D eigenvalue weighted by atomic mass is 32.2. The number of carbonyl (C=O) groups excluding carboxylic acids is 1. The van der Waals surface area contributed by atoms with Gasteiger partial charge in [0.05, 0.1) is 5.56 Å². The van der Waals surface area contributed by atoms with Crippen molar-refractivity contribution >= 4 is 17.7 Å². The standard InChI is InChI=1S/C14H20N2O2S/c1-2-12-11-15-4-3-13(12)14(17)18-8-5-16-6-9-19-10-7-16/h3-4,11H,2,5-10H2,1H3. The number of thioether (sulfide) groups is 1. The van der Waals surface area contributed by atoms with Crippen molar-refractivity contribution in [1.29, 1.82) is 0 Å². The SMILES string of the molecule is CCc1cnccc1C(=O)OCCN1CCSCC1. The van der Waals surface area contributed by atoms with E-state index in [2.05, 4.69) is 9.88 Å². The third-order valence-electron chi connectivity index (χ3n) is 3.25. The maximum absolute atomic E-state index is 12.0. The number of hydrogen-bond donors (Lipinski definition) is 0. The molecule has 1 aromatic rings. The van der Waals surface area contributed by atoms with Gasteiger partial charge in [-0.15, -0.1) is 0 Å². The second-order valence-corrected chi connectivity index (χ2v) is 5.70. The molecule has 0 saturated carbocycles. The van der Waals surface area contributed by atoms with Gasteiger partial charge in [0.25, 0.3) is 0 Å². The zero-order valence-corrected chi connectivity index (χ0v) is 12.1. The van der Waals surface area contributed by atoms with Crippen LogP contribution in [0.2, 0.25) is 0 Å². The summed E-state index contributed by atoms with van der Waals surface area (Å²) in [6, 6.07) is 1.73. The number of ether oxygens (including phenoxy) is 1. The first-order valence-electron chi connectivity index (χ1n) is 6.71. The van der Waals surface area contributed by atoms with Gasteiger partial charge in [-0.05, 0) is 18.1 Å². The molecular formula is C14H20N2O2S. The third-order valence-corrected chi connectivity index (χ3v) is 4.19. The minimum absolute atomic E-state index is 0.231. The van der Waals surface area contributed by atoms with Crippen molar-refractivity contribution in [3.8, 4) is 0 Å². The molecule has 0 aromatic carbocycles. The summed E-state index contributed by atoms with van der Waals surface area (Å²) >= 11 is 1.98. The lowest BCUT2D eigenvalue weighted by atomic mass is 10.1. The lowest BCUT2D eigenvalue weighted by Gasteiger charge is -2.25. The fourth-order valence-corrected chi connectivity index (χ4v) is 3.06. The first-order valence-corrected chi connectivity index (χ1v) is 7.87. The Kier molecular flexibility index (Phi) is 5.66. The Labute approximate surface area is 118 Å². The summed E-state index contributed by atoms with van der Waals surface area (Å²) in [5, 5.41) is 0. The Bertz CT molecular complexity index is 420. The van der Waals surface area contributed by atoms with Crippen LogP contribution >= 0.6 is 11.8 Å². The van der Waals surface area contributed by atoms with Gasteiger partial charge in [0.15, 0.2) is 0 Å². The van der Waals surface area contributed by atoms with Crippen LogP contribution in [0.5, 0.6) is 0 Å². The van der Waals surface area contributed by atoms with Crippen LogP contribution in [0.25, 0.3) is 0 Å². The van der Waals surface area contributed by atoms with Crippen molar-refractivity contribution in [2.75, 3.05) is 37.7 Å². The Morgan fingerprint density at radius 2 is 2.26 bits per heavy atom. The molecule has 0 spiro atoms. The molecule has 0 aliphatic carbocycles. The van der Waals surface area contributed by atoms with E-state index in [-0.39, 0.29) is 5.97 Å². The number of nitrogens with zero attached hydrogens (tertiary/aromatic N) is 2. The maximum Gasteiger partial charge on any atom is 0.338 e. The fraction of sp³-hybridized carbons (Fsp3) is 0.571. The number of pyridine rings is 1. The molecule has 1 aliphatic heterocycles. The molecule has 0 radical (unpaired) electrons. The predicted octanol–water partition coefficient (Wildman–Crippen LogP) is 1.85. The van der Waals surface area contributed by atoms with Crippen LogP contribution in [0, 0.1) is 0 Å². The Morgan fingerprint density at radius 3 is 3.00 bits per heavy atom. The van der Waals surface area contributed by atoms with Gasteiger partial charge >= 0.3 is 5.97 Å². The minimum Gasteiger partial charge on any atom is -0.461 e. The number of rotatable bonds is 5. The van der Waals surface area contributed by atoms with Crippen LogP contribution in [0.15, 0.2) is 18.5 Å². The fourth-order valence-electron chi connectivity index (χ4n) is 2.08. The van der Waals surface area contributed by atoms with Gasteiger partial charge in [0.1, 0.15) is 6.61 Å². The summed E-state index contributed by atoms with van der Waals surface area (Å²) in [6.45, 7) is 5.50. The van der Waals surface area contributed by atoms with E-state index in [1.807, 2.05) is 18.7 Å². The van der Waals surface area contributed by atoms with Gasteiger partial charge in [0.2, 0.25) is 0 Å². The molecule has 0 bridgehead atoms. The van der Waals surface area contributed by atoms with Gasteiger partial charge in [-0.1, -0.05) is 6.92 Å². The van der Waals surface area contributed by atoms with E-state index in [4.69, 9.17) is 4.74 Å². The smallest absolute Gasteiger partial charge is 0.338 e. The third kappa shape index (κ3) is 4.21. The highest BCUT2D eigenvalue weighted by Crippen LogP contribution is 2.11. The van der Waals surface area contributed by atoms with Gasteiger partial charge in [0, 0.05) is 43.5 Å². The second kappa shape index (κ2) is 7.50. The first-order chi connectivity index (χ1) is 9.31. The molecule has 0 amide bonds. The summed E-state index contributed by atoms with van der Waals surface area (Å²) in [5.41, 5.74) is 1.59. The maximum atomic E-state index is 12.0. The van der Waals surface area contributed by atoms with Crippen LogP contribution in [0.4, 0.5) is 0 Å². The van der Waals surface area contributed by atoms with Gasteiger partial charge in [-0.3, -0.25) is 9.88 Å². The first kappa shape index (κ1) is 14.3. The van der Waals surface area contributed by atoms with E-state index in [0.717, 1.165) is 31.6 Å². The van der Waals surface area contributed by atoms with Crippen LogP contribution in [0.1, 0.15) is 22.8 Å². The van der Waals surface area contributed by atoms with E-state index in [0.29, 0.717) is 12.2 Å². The predicted molar refractivity (Wildman–Crippen MR) is 77.7 cm³/mol. The summed E-state index contributed by atoms with van der Waals surface area (Å²) in [4.78, 5) is 18.4. The van der Waals surface area contributed by atoms with Gasteiger partial charge < -0.3 is 4.74 Å². The number of aryl methyl sites for hydroxylation is 1. The molecule has 1 aromatic heterocycles. The Morgan fingerprint density at radius 1 is 1.47 bits per heavy atom. The average Bonchev–Trinajstić information content (AvgIpc) is 2.48. The minimum atomic E-state index is -0.231. The normalized spacial score (nSPS) is 16.3. The number of carbonyl (C=O) groups is 1. The molecule has 1 fully saturated rings. The molecule has 2 rings (SSSR count). The van der Waals surface area contributed by atoms with Gasteiger partial charge in [-0.25, -0.2) is 4.79 Å². The van der Waals surface area contributed by atoms with E-state index in [1.54, 1.807) is 18.5 Å². The van der Waals surface area contributed by atoms with Crippen molar-refractivity contribution in [3.05, 3.63) is 29.6 Å². The molecule has 0 atom stereocenters. The molecule has 1 aliphatic rings. The zero-order chi connectivity index (χ0) is 13.5. The van der Waals surface area contributed by atoms with E-state index in [1.165, 1.54) is 11.5 Å². The van der Waals surface area contributed by atoms with Crippen molar-refractivity contribution in [2.24, 2.45) is 0 Å². The molecular weight excluding hydrogens is 260 g/mol. The second-order valence-electron chi connectivity index (χ2n) is 4.48. The number of aromatic nitrogens is 1. The Hall–Kier alpha value is -1.07. The summed E-state index contributed by atoms with van der Waals surface area (Å²) < 4.78 is 5.36.